The Morgan fingerprint density at radius 1 is 1.38 bits per heavy atom. The molecule has 2 saturated heterocycles. The third-order valence-electron chi connectivity index (χ3n) is 4.12. The first-order valence-electron chi connectivity index (χ1n) is 6.06. The number of nitrogens with two attached hydrogens (primary N) is 1. The van der Waals surface area contributed by atoms with Gasteiger partial charge in [0, 0.05) is 25.2 Å². The Bertz CT molecular complexity index is 365. The van der Waals surface area contributed by atoms with E-state index >= 15 is 0 Å². The first kappa shape index (κ1) is 10.3. The van der Waals surface area contributed by atoms with Crippen LogP contribution in [0.1, 0.15) is 12.5 Å². The van der Waals surface area contributed by atoms with Crippen LogP contribution in [-0.2, 0) is 6.54 Å². The highest BCUT2D eigenvalue weighted by Crippen LogP contribution is 2.33. The number of fused-ring (bicyclic) bond motifs is 2. The van der Waals surface area contributed by atoms with Gasteiger partial charge in [0.15, 0.2) is 0 Å². The second-order valence-electron chi connectivity index (χ2n) is 5.01. The van der Waals surface area contributed by atoms with Gasteiger partial charge in [-0.25, -0.2) is 0 Å². The predicted octanol–water partition coefficient (Wildman–Crippen LogP) is 0.763. The lowest BCUT2D eigenvalue weighted by Gasteiger charge is -2.33. The third kappa shape index (κ3) is 1.47. The van der Waals surface area contributed by atoms with Gasteiger partial charge in [-0.05, 0) is 11.5 Å². The first-order chi connectivity index (χ1) is 7.77. The van der Waals surface area contributed by atoms with E-state index in [2.05, 4.69) is 47.5 Å². The molecule has 2 aliphatic heterocycles. The molecule has 0 spiro atoms. The van der Waals surface area contributed by atoms with E-state index in [0.29, 0.717) is 18.0 Å². The van der Waals surface area contributed by atoms with E-state index in [1.54, 1.807) is 0 Å². The fourth-order valence-electron chi connectivity index (χ4n) is 3.16. The maximum atomic E-state index is 6.27. The second-order valence-corrected chi connectivity index (χ2v) is 5.01. The Morgan fingerprint density at radius 2 is 2.12 bits per heavy atom. The summed E-state index contributed by atoms with van der Waals surface area (Å²) < 4.78 is 0. The maximum Gasteiger partial charge on any atom is 0.0739 e. The minimum absolute atomic E-state index is 0.175. The zero-order valence-electron chi connectivity index (χ0n) is 9.63. The monoisotopic (exact) mass is 217 g/mol. The molecule has 0 radical (unpaired) electrons. The molecule has 4 atom stereocenters. The highest BCUT2D eigenvalue weighted by Gasteiger charge is 2.49. The molecule has 0 saturated carbocycles. The number of nitrogens with zero attached hydrogens (tertiary/aromatic N) is 1. The van der Waals surface area contributed by atoms with Crippen LogP contribution in [0.4, 0.5) is 0 Å². The highest BCUT2D eigenvalue weighted by atomic mass is 15.4. The van der Waals surface area contributed by atoms with Crippen LogP contribution in [0.5, 0.6) is 0 Å². The van der Waals surface area contributed by atoms with E-state index in [9.17, 15) is 0 Å². The minimum Gasteiger partial charge on any atom is -0.314 e. The van der Waals surface area contributed by atoms with Crippen LogP contribution in [0.25, 0.3) is 0 Å². The standard InChI is InChI=1S/C13H19N3/c1-9-11-7-15-12(9)13(14)16(11)8-10-5-3-2-4-6-10/h2-6,9,11-13,15H,7-8,14H2,1H3. The van der Waals surface area contributed by atoms with Crippen LogP contribution in [0, 0.1) is 5.92 Å². The number of rotatable bonds is 2. The number of hydrogen-bond donors (Lipinski definition) is 2. The van der Waals surface area contributed by atoms with Crippen molar-refractivity contribution in [2.45, 2.75) is 31.7 Å². The number of likely N-dealkylation sites (tertiary alicyclic amines) is 1. The predicted molar refractivity (Wildman–Crippen MR) is 64.7 cm³/mol. The topological polar surface area (TPSA) is 41.3 Å². The van der Waals surface area contributed by atoms with Gasteiger partial charge in [0.2, 0.25) is 0 Å². The molecule has 3 rings (SSSR count). The van der Waals surface area contributed by atoms with E-state index in [-0.39, 0.29) is 6.17 Å². The van der Waals surface area contributed by atoms with Gasteiger partial charge >= 0.3 is 0 Å². The Morgan fingerprint density at radius 3 is 2.75 bits per heavy atom. The summed E-state index contributed by atoms with van der Waals surface area (Å²) in [6.45, 7) is 4.38. The summed E-state index contributed by atoms with van der Waals surface area (Å²) in [7, 11) is 0. The molecular weight excluding hydrogens is 198 g/mol. The summed E-state index contributed by atoms with van der Waals surface area (Å²) >= 11 is 0. The normalized spacial score (nSPS) is 38.1. The van der Waals surface area contributed by atoms with Crippen LogP contribution >= 0.6 is 0 Å². The number of hydrogen-bond acceptors (Lipinski definition) is 3. The van der Waals surface area contributed by atoms with Crippen molar-refractivity contribution < 1.29 is 0 Å². The molecule has 2 heterocycles. The average Bonchev–Trinajstić information content (AvgIpc) is 2.77. The van der Waals surface area contributed by atoms with Crippen molar-refractivity contribution >= 4 is 0 Å². The lowest BCUT2D eigenvalue weighted by atomic mass is 10.0. The molecule has 3 nitrogen and oxygen atoms in total. The molecule has 2 fully saturated rings. The lowest BCUT2D eigenvalue weighted by molar-refractivity contribution is 0.146. The molecule has 0 amide bonds. The summed E-state index contributed by atoms with van der Waals surface area (Å²) in [5, 5.41) is 3.50. The summed E-state index contributed by atoms with van der Waals surface area (Å²) in [6.07, 6.45) is 0.175. The number of piperazine rings is 1. The van der Waals surface area contributed by atoms with Crippen molar-refractivity contribution in [3.05, 3.63) is 35.9 Å². The van der Waals surface area contributed by atoms with Crippen molar-refractivity contribution in [1.82, 2.24) is 10.2 Å². The molecule has 2 bridgehead atoms. The molecule has 2 aliphatic rings. The van der Waals surface area contributed by atoms with Gasteiger partial charge in [-0.15, -0.1) is 0 Å². The third-order valence-corrected chi connectivity index (χ3v) is 4.12. The number of benzene rings is 1. The van der Waals surface area contributed by atoms with E-state index in [1.165, 1.54) is 5.56 Å². The SMILES string of the molecule is CC1C2NCC1N(Cc1ccccc1)C2N. The van der Waals surface area contributed by atoms with Crippen molar-refractivity contribution in [2.75, 3.05) is 6.54 Å². The Labute approximate surface area is 96.6 Å². The second kappa shape index (κ2) is 3.84. The molecular formula is C13H19N3. The Balaban J connectivity index is 1.77. The van der Waals surface area contributed by atoms with Gasteiger partial charge in [-0.3, -0.25) is 4.90 Å². The van der Waals surface area contributed by atoms with E-state index in [1.807, 2.05) is 0 Å². The van der Waals surface area contributed by atoms with Crippen LogP contribution in [-0.4, -0.2) is 29.7 Å². The molecule has 0 aliphatic carbocycles. The quantitative estimate of drug-likeness (QED) is 0.768. The number of nitrogens with one attached hydrogen (secondary N) is 1. The Kier molecular flexibility index (Phi) is 2.46. The van der Waals surface area contributed by atoms with Crippen molar-refractivity contribution in [3.63, 3.8) is 0 Å². The van der Waals surface area contributed by atoms with Gasteiger partial charge in [0.1, 0.15) is 0 Å². The molecule has 1 aromatic carbocycles. The lowest BCUT2D eigenvalue weighted by Crippen LogP contribution is -2.55. The summed E-state index contributed by atoms with van der Waals surface area (Å²) in [6, 6.07) is 11.7. The highest BCUT2D eigenvalue weighted by molar-refractivity contribution is 5.17. The first-order valence-corrected chi connectivity index (χ1v) is 6.06. The van der Waals surface area contributed by atoms with Crippen LogP contribution in [0.15, 0.2) is 30.3 Å². The van der Waals surface area contributed by atoms with Crippen LogP contribution < -0.4 is 11.1 Å². The molecule has 86 valence electrons. The average molecular weight is 217 g/mol. The zero-order valence-corrected chi connectivity index (χ0v) is 9.63. The maximum absolute atomic E-state index is 6.27. The molecule has 0 aromatic heterocycles. The van der Waals surface area contributed by atoms with Gasteiger partial charge in [-0.2, -0.15) is 0 Å². The van der Waals surface area contributed by atoms with E-state index < -0.39 is 0 Å². The fraction of sp³-hybridized carbons (Fsp3) is 0.538. The van der Waals surface area contributed by atoms with E-state index in [0.717, 1.165) is 13.1 Å². The molecule has 16 heavy (non-hydrogen) atoms. The summed E-state index contributed by atoms with van der Waals surface area (Å²) in [4.78, 5) is 2.45. The smallest absolute Gasteiger partial charge is 0.0739 e. The largest absolute Gasteiger partial charge is 0.314 e. The van der Waals surface area contributed by atoms with Gasteiger partial charge in [0.05, 0.1) is 6.17 Å². The molecule has 3 N–H and O–H groups in total. The molecule has 4 unspecified atom stereocenters. The summed E-state index contributed by atoms with van der Waals surface area (Å²) in [5.74, 6) is 0.679. The van der Waals surface area contributed by atoms with Crippen molar-refractivity contribution in [3.8, 4) is 0 Å². The van der Waals surface area contributed by atoms with Gasteiger partial charge in [0.25, 0.3) is 0 Å². The van der Waals surface area contributed by atoms with Crippen molar-refractivity contribution in [1.29, 1.82) is 0 Å². The van der Waals surface area contributed by atoms with Gasteiger partial charge < -0.3 is 11.1 Å². The fourth-order valence-corrected chi connectivity index (χ4v) is 3.16. The van der Waals surface area contributed by atoms with E-state index in [4.69, 9.17) is 5.73 Å². The Hall–Kier alpha value is -0.900. The molecule has 1 aromatic rings. The van der Waals surface area contributed by atoms with Crippen molar-refractivity contribution in [2.24, 2.45) is 11.7 Å². The minimum atomic E-state index is 0.175. The molecule has 3 heteroatoms. The van der Waals surface area contributed by atoms with Gasteiger partial charge in [-0.1, -0.05) is 37.3 Å². The zero-order chi connectivity index (χ0) is 11.1. The summed E-state index contributed by atoms with van der Waals surface area (Å²) in [5.41, 5.74) is 7.62. The van der Waals surface area contributed by atoms with Crippen LogP contribution in [0.2, 0.25) is 0 Å². The van der Waals surface area contributed by atoms with Crippen LogP contribution in [0.3, 0.4) is 0 Å².